The molecule has 1 heterocycles. The molecule has 0 saturated heterocycles. The van der Waals surface area contributed by atoms with E-state index < -0.39 is 18.0 Å². The van der Waals surface area contributed by atoms with Gasteiger partial charge >= 0.3 is 12.0 Å². The maximum atomic E-state index is 11.7. The number of carbonyl (C=O) groups excluding carboxylic acids is 1. The summed E-state index contributed by atoms with van der Waals surface area (Å²) in [6, 6.07) is -1.09. The van der Waals surface area contributed by atoms with Crippen molar-refractivity contribution in [3.05, 3.63) is 18.2 Å². The predicted molar refractivity (Wildman–Crippen MR) is 78.0 cm³/mol. The highest BCUT2D eigenvalue weighted by atomic mass is 16.4. The van der Waals surface area contributed by atoms with Gasteiger partial charge in [0.1, 0.15) is 6.04 Å². The summed E-state index contributed by atoms with van der Waals surface area (Å²) in [6.45, 7) is 5.27. The Morgan fingerprint density at radius 2 is 2.19 bits per heavy atom. The normalized spacial score (nSPS) is 12.4. The van der Waals surface area contributed by atoms with Crippen molar-refractivity contribution in [2.24, 2.45) is 0 Å². The van der Waals surface area contributed by atoms with Crippen molar-refractivity contribution in [3.8, 4) is 0 Å². The Balaban J connectivity index is 2.37. The van der Waals surface area contributed by atoms with E-state index in [9.17, 15) is 9.59 Å². The Morgan fingerprint density at radius 3 is 2.71 bits per heavy atom. The smallest absolute Gasteiger partial charge is 0.326 e. The van der Waals surface area contributed by atoms with Crippen LogP contribution in [-0.2, 0) is 11.2 Å². The zero-order valence-corrected chi connectivity index (χ0v) is 12.6. The third-order valence-electron chi connectivity index (χ3n) is 3.21. The van der Waals surface area contributed by atoms with Crippen LogP contribution in [0.3, 0.4) is 0 Å². The van der Waals surface area contributed by atoms with Gasteiger partial charge in [0.15, 0.2) is 0 Å². The Labute approximate surface area is 123 Å². The van der Waals surface area contributed by atoms with Crippen molar-refractivity contribution in [2.75, 3.05) is 20.1 Å². The highest BCUT2D eigenvalue weighted by Gasteiger charge is 2.20. The molecule has 0 aliphatic carbocycles. The monoisotopic (exact) mass is 297 g/mol. The van der Waals surface area contributed by atoms with E-state index in [2.05, 4.69) is 39.3 Å². The van der Waals surface area contributed by atoms with Crippen LogP contribution in [0.25, 0.3) is 0 Å². The molecule has 1 rings (SSSR count). The van der Waals surface area contributed by atoms with E-state index in [0.29, 0.717) is 24.8 Å². The Kier molecular flexibility index (Phi) is 6.67. The van der Waals surface area contributed by atoms with Crippen LogP contribution in [-0.4, -0.2) is 64.2 Å². The fourth-order valence-electron chi connectivity index (χ4n) is 1.63. The summed E-state index contributed by atoms with van der Waals surface area (Å²) in [6.07, 6.45) is 3.16. The number of aliphatic carboxylic acids is 1. The van der Waals surface area contributed by atoms with E-state index in [1.54, 1.807) is 0 Å². The number of H-pyrrole nitrogens is 1. The van der Waals surface area contributed by atoms with Crippen LogP contribution in [0.15, 0.2) is 12.5 Å². The van der Waals surface area contributed by atoms with Gasteiger partial charge in [0, 0.05) is 37.4 Å². The van der Waals surface area contributed by atoms with Gasteiger partial charge in [-0.3, -0.25) is 0 Å². The van der Waals surface area contributed by atoms with E-state index in [1.807, 2.05) is 7.05 Å². The number of urea groups is 1. The number of hydrogen-bond donors (Lipinski definition) is 4. The number of imidazole rings is 1. The number of carboxylic acid groups (broad SMARTS) is 1. The maximum Gasteiger partial charge on any atom is 0.326 e. The number of hydrogen-bond acceptors (Lipinski definition) is 4. The summed E-state index contributed by atoms with van der Waals surface area (Å²) in [5, 5.41) is 14.2. The molecule has 0 bridgehead atoms. The quantitative estimate of drug-likeness (QED) is 0.542. The minimum atomic E-state index is -1.08. The molecule has 1 aromatic heterocycles. The Bertz CT molecular complexity index is 447. The van der Waals surface area contributed by atoms with Crippen LogP contribution in [0.1, 0.15) is 19.5 Å². The number of rotatable bonds is 8. The molecule has 8 heteroatoms. The molecule has 8 nitrogen and oxygen atoms in total. The Morgan fingerprint density at radius 1 is 1.48 bits per heavy atom. The van der Waals surface area contributed by atoms with Crippen LogP contribution < -0.4 is 10.6 Å². The van der Waals surface area contributed by atoms with Gasteiger partial charge in [-0.25, -0.2) is 14.6 Å². The van der Waals surface area contributed by atoms with Crippen LogP contribution in [0.4, 0.5) is 4.79 Å². The predicted octanol–water partition coefficient (Wildman–Crippen LogP) is 0.0448. The first-order valence-electron chi connectivity index (χ1n) is 6.84. The molecule has 0 spiro atoms. The minimum absolute atomic E-state index is 0.161. The summed E-state index contributed by atoms with van der Waals surface area (Å²) in [4.78, 5) is 31.6. The largest absolute Gasteiger partial charge is 0.480 e. The van der Waals surface area contributed by atoms with E-state index in [4.69, 9.17) is 5.11 Å². The number of nitrogens with one attached hydrogen (secondary N) is 3. The number of likely N-dealkylation sites (N-methyl/N-ethyl adjacent to an activating group) is 1. The molecule has 0 saturated carbocycles. The third-order valence-corrected chi connectivity index (χ3v) is 3.21. The summed E-state index contributed by atoms with van der Waals surface area (Å²) in [7, 11) is 1.96. The number of aromatic nitrogens is 2. The van der Waals surface area contributed by atoms with Gasteiger partial charge in [-0.15, -0.1) is 0 Å². The third kappa shape index (κ3) is 6.26. The van der Waals surface area contributed by atoms with E-state index in [-0.39, 0.29) is 6.42 Å². The first-order chi connectivity index (χ1) is 9.90. The van der Waals surface area contributed by atoms with Crippen molar-refractivity contribution >= 4 is 12.0 Å². The average molecular weight is 297 g/mol. The highest BCUT2D eigenvalue weighted by Crippen LogP contribution is 1.98. The molecule has 118 valence electrons. The van der Waals surface area contributed by atoms with Crippen LogP contribution in [0.5, 0.6) is 0 Å². The summed E-state index contributed by atoms with van der Waals surface area (Å²) >= 11 is 0. The van der Waals surface area contributed by atoms with E-state index >= 15 is 0 Å². The van der Waals surface area contributed by atoms with Gasteiger partial charge in [-0.2, -0.15) is 0 Å². The minimum Gasteiger partial charge on any atom is -0.480 e. The molecule has 1 atom stereocenters. The van der Waals surface area contributed by atoms with Crippen LogP contribution >= 0.6 is 0 Å². The van der Waals surface area contributed by atoms with Gasteiger partial charge in [0.2, 0.25) is 0 Å². The molecular formula is C13H23N5O3. The van der Waals surface area contributed by atoms with Crippen molar-refractivity contribution in [1.82, 2.24) is 25.5 Å². The van der Waals surface area contributed by atoms with Gasteiger partial charge in [0.05, 0.1) is 6.33 Å². The molecule has 21 heavy (non-hydrogen) atoms. The lowest BCUT2D eigenvalue weighted by atomic mass is 10.2. The first kappa shape index (κ1) is 17.0. The van der Waals surface area contributed by atoms with E-state index in [0.717, 1.165) is 0 Å². The molecule has 0 aliphatic heterocycles. The van der Waals surface area contributed by atoms with Crippen LogP contribution in [0, 0.1) is 0 Å². The molecule has 4 N–H and O–H groups in total. The van der Waals surface area contributed by atoms with Crippen LogP contribution in [0.2, 0.25) is 0 Å². The zero-order valence-electron chi connectivity index (χ0n) is 12.6. The van der Waals surface area contributed by atoms with Gasteiger partial charge in [-0.1, -0.05) is 0 Å². The lowest BCUT2D eigenvalue weighted by Gasteiger charge is -2.21. The fraction of sp³-hybridized carbons (Fsp3) is 0.615. The summed E-state index contributed by atoms with van der Waals surface area (Å²) < 4.78 is 0. The van der Waals surface area contributed by atoms with Crippen molar-refractivity contribution < 1.29 is 14.7 Å². The van der Waals surface area contributed by atoms with Gasteiger partial charge < -0.3 is 25.6 Å². The lowest BCUT2D eigenvalue weighted by Crippen LogP contribution is -2.48. The van der Waals surface area contributed by atoms with Crippen molar-refractivity contribution in [1.29, 1.82) is 0 Å². The fourth-order valence-corrected chi connectivity index (χ4v) is 1.63. The van der Waals surface area contributed by atoms with E-state index in [1.165, 1.54) is 12.5 Å². The second-order valence-electron chi connectivity index (χ2n) is 5.15. The standard InChI is InChI=1S/C13H23N5O3/c1-9(2)18(3)5-4-15-13(21)17-11(12(19)20)6-10-7-14-8-16-10/h7-9,11H,4-6H2,1-3H3,(H,14,16)(H,19,20)(H2,15,17,21)/t11-/m0/s1. The van der Waals surface area contributed by atoms with Gasteiger partial charge in [-0.05, 0) is 20.9 Å². The number of carbonyl (C=O) groups is 2. The lowest BCUT2D eigenvalue weighted by molar-refractivity contribution is -0.139. The van der Waals surface area contributed by atoms with Crippen molar-refractivity contribution in [3.63, 3.8) is 0 Å². The second kappa shape index (κ2) is 8.25. The van der Waals surface area contributed by atoms with Gasteiger partial charge in [0.25, 0.3) is 0 Å². The molecule has 0 fully saturated rings. The highest BCUT2D eigenvalue weighted by molar-refractivity contribution is 5.82. The maximum absolute atomic E-state index is 11.7. The zero-order chi connectivity index (χ0) is 15.8. The second-order valence-corrected chi connectivity index (χ2v) is 5.15. The number of nitrogens with zero attached hydrogens (tertiary/aromatic N) is 2. The topological polar surface area (TPSA) is 110 Å². The Hall–Kier alpha value is -2.09. The molecule has 0 unspecified atom stereocenters. The SMILES string of the molecule is CC(C)N(C)CCNC(=O)N[C@@H](Cc1cnc[nH]1)C(=O)O. The number of amides is 2. The summed E-state index contributed by atoms with van der Waals surface area (Å²) in [5.74, 6) is -1.08. The molecule has 0 radical (unpaired) electrons. The molecular weight excluding hydrogens is 274 g/mol. The summed E-state index contributed by atoms with van der Waals surface area (Å²) in [5.41, 5.74) is 0.655. The molecule has 2 amide bonds. The molecule has 0 aliphatic rings. The van der Waals surface area contributed by atoms with Crippen molar-refractivity contribution in [2.45, 2.75) is 32.4 Å². The molecule has 1 aromatic rings. The average Bonchev–Trinajstić information content (AvgIpc) is 2.90. The number of carboxylic acids is 1. The number of aromatic amines is 1. The first-order valence-corrected chi connectivity index (χ1v) is 6.84. The molecule has 0 aromatic carbocycles.